The molecule has 2 rings (SSSR count). The fraction of sp³-hybridized carbons (Fsp3) is 0.750. The maximum absolute atomic E-state index is 11.6. The summed E-state index contributed by atoms with van der Waals surface area (Å²) in [7, 11) is 1.35. The summed E-state index contributed by atoms with van der Waals surface area (Å²) in [5.41, 5.74) is -0.947. The van der Waals surface area contributed by atoms with Crippen molar-refractivity contribution in [2.45, 2.75) is 23.8 Å². The van der Waals surface area contributed by atoms with Crippen molar-refractivity contribution in [1.82, 2.24) is 0 Å². The van der Waals surface area contributed by atoms with Crippen LogP contribution in [0.5, 0.6) is 0 Å². The van der Waals surface area contributed by atoms with E-state index in [-0.39, 0.29) is 17.3 Å². The predicted octanol–water partition coefficient (Wildman–Crippen LogP) is 1.69. The van der Waals surface area contributed by atoms with Crippen LogP contribution in [0.2, 0.25) is 0 Å². The van der Waals surface area contributed by atoms with Gasteiger partial charge in [0.15, 0.2) is 0 Å². The van der Waals surface area contributed by atoms with Gasteiger partial charge >= 0.3 is 5.97 Å². The van der Waals surface area contributed by atoms with Gasteiger partial charge < -0.3 is 9.57 Å². The van der Waals surface area contributed by atoms with E-state index in [1.165, 1.54) is 7.11 Å². The molecule has 0 aromatic rings. The van der Waals surface area contributed by atoms with Gasteiger partial charge in [-0.25, -0.2) is 4.79 Å². The average molecular weight is 330 g/mol. The molecular formula is C8H9ClINO3. The van der Waals surface area contributed by atoms with Gasteiger partial charge in [0, 0.05) is 11.8 Å². The van der Waals surface area contributed by atoms with Gasteiger partial charge in [0.25, 0.3) is 0 Å². The molecule has 78 valence electrons. The van der Waals surface area contributed by atoms with Crippen LogP contribution in [0.15, 0.2) is 5.16 Å². The summed E-state index contributed by atoms with van der Waals surface area (Å²) in [6.45, 7) is 0. The lowest BCUT2D eigenvalue weighted by Crippen LogP contribution is -2.43. The van der Waals surface area contributed by atoms with Crippen LogP contribution in [-0.4, -0.2) is 27.8 Å². The molecule has 3 atom stereocenters. The molecule has 0 N–H and O–H groups in total. The number of ether oxygens (including phenoxy) is 1. The van der Waals surface area contributed by atoms with Crippen molar-refractivity contribution in [3.63, 3.8) is 0 Å². The number of alkyl halides is 1. The first-order valence-corrected chi connectivity index (χ1v) is 5.75. The molecule has 2 aliphatic rings. The number of hydrogen-bond donors (Lipinski definition) is 0. The summed E-state index contributed by atoms with van der Waals surface area (Å²) in [6.07, 6.45) is 1.19. The van der Waals surface area contributed by atoms with E-state index in [0.717, 1.165) is 10.1 Å². The molecule has 1 saturated carbocycles. The molecule has 3 unspecified atom stereocenters. The molecule has 1 aliphatic carbocycles. The van der Waals surface area contributed by atoms with E-state index in [4.69, 9.17) is 21.2 Å². The van der Waals surface area contributed by atoms with Crippen LogP contribution >= 0.6 is 34.2 Å². The second-order valence-corrected chi connectivity index (χ2v) is 5.20. The lowest BCUT2D eigenvalue weighted by molar-refractivity contribution is -0.168. The zero-order chi connectivity index (χ0) is 10.3. The second kappa shape index (κ2) is 3.52. The summed E-state index contributed by atoms with van der Waals surface area (Å²) >= 11 is 8.10. The molecule has 0 spiro atoms. The maximum atomic E-state index is 11.6. The maximum Gasteiger partial charge on any atom is 0.353 e. The number of methoxy groups -OCH3 is 1. The van der Waals surface area contributed by atoms with Gasteiger partial charge in [0.05, 0.1) is 13.0 Å². The Labute approximate surface area is 100 Å². The first-order valence-electron chi connectivity index (χ1n) is 4.24. The number of carbonyl (C=O) groups excluding carboxylic acids is 1. The van der Waals surface area contributed by atoms with Crippen LogP contribution in [-0.2, 0) is 14.4 Å². The number of halogens is 2. The van der Waals surface area contributed by atoms with Gasteiger partial charge in [-0.15, -0.1) is 11.6 Å². The SMILES string of the molecule is COC(=O)C12CC(Cl)CC1C(I)=NO2. The summed E-state index contributed by atoms with van der Waals surface area (Å²) in [5.74, 6) is -0.404. The third-order valence-electron chi connectivity index (χ3n) is 2.69. The third-order valence-corrected chi connectivity index (χ3v) is 3.97. The Bertz CT molecular complexity index is 309. The van der Waals surface area contributed by atoms with E-state index in [1.807, 2.05) is 0 Å². The van der Waals surface area contributed by atoms with Gasteiger partial charge in [-0.2, -0.15) is 0 Å². The van der Waals surface area contributed by atoms with Gasteiger partial charge in [0.2, 0.25) is 5.60 Å². The lowest BCUT2D eigenvalue weighted by atomic mass is 9.93. The minimum absolute atomic E-state index is 0.0296. The first kappa shape index (κ1) is 10.5. The molecule has 0 aromatic heterocycles. The third kappa shape index (κ3) is 1.32. The topological polar surface area (TPSA) is 47.9 Å². The number of hydrogen-bond acceptors (Lipinski definition) is 4. The molecular weight excluding hydrogens is 320 g/mol. The zero-order valence-electron chi connectivity index (χ0n) is 7.50. The fourth-order valence-electron chi connectivity index (χ4n) is 2.02. The number of carbonyl (C=O) groups is 1. The predicted molar refractivity (Wildman–Crippen MR) is 59.7 cm³/mol. The normalized spacial score (nSPS) is 40.1. The zero-order valence-corrected chi connectivity index (χ0v) is 10.4. The molecule has 0 radical (unpaired) electrons. The molecule has 14 heavy (non-hydrogen) atoms. The van der Waals surface area contributed by atoms with Crippen LogP contribution < -0.4 is 0 Å². The van der Waals surface area contributed by atoms with Crippen LogP contribution in [0.4, 0.5) is 0 Å². The minimum atomic E-state index is -0.947. The van der Waals surface area contributed by atoms with Crippen molar-refractivity contribution >= 4 is 43.9 Å². The number of nitrogens with zero attached hydrogens (tertiary/aromatic N) is 1. The highest BCUT2D eigenvalue weighted by atomic mass is 127. The standard InChI is InChI=1S/C8H9ClINO3/c1-13-7(12)8-3-4(9)2-5(8)6(10)11-14-8/h4-5H,2-3H2,1H3. The molecule has 1 aliphatic heterocycles. The molecule has 4 nitrogen and oxygen atoms in total. The van der Waals surface area contributed by atoms with Crippen LogP contribution in [0.1, 0.15) is 12.8 Å². The van der Waals surface area contributed by atoms with Crippen LogP contribution in [0.25, 0.3) is 0 Å². The van der Waals surface area contributed by atoms with Crippen molar-refractivity contribution in [3.8, 4) is 0 Å². The van der Waals surface area contributed by atoms with Gasteiger partial charge in [-0.1, -0.05) is 5.16 Å². The summed E-state index contributed by atoms with van der Waals surface area (Å²) < 4.78 is 5.54. The Balaban J connectivity index is 2.30. The van der Waals surface area contributed by atoms with Crippen molar-refractivity contribution in [2.75, 3.05) is 7.11 Å². The molecule has 6 heteroatoms. The number of esters is 1. The molecule has 0 aromatic carbocycles. The van der Waals surface area contributed by atoms with Crippen molar-refractivity contribution in [2.24, 2.45) is 11.1 Å². The van der Waals surface area contributed by atoms with Crippen molar-refractivity contribution < 1.29 is 14.4 Å². The van der Waals surface area contributed by atoms with E-state index in [9.17, 15) is 4.79 Å². The molecule has 1 heterocycles. The average Bonchev–Trinajstić information content (AvgIpc) is 2.64. The van der Waals surface area contributed by atoms with Crippen molar-refractivity contribution in [3.05, 3.63) is 0 Å². The highest BCUT2D eigenvalue weighted by Crippen LogP contribution is 2.47. The van der Waals surface area contributed by atoms with E-state index in [2.05, 4.69) is 27.7 Å². The van der Waals surface area contributed by atoms with E-state index in [1.54, 1.807) is 0 Å². The highest BCUT2D eigenvalue weighted by molar-refractivity contribution is 14.1. The van der Waals surface area contributed by atoms with Crippen LogP contribution in [0, 0.1) is 5.92 Å². The second-order valence-electron chi connectivity index (χ2n) is 3.48. The Hall–Kier alpha value is -0.0400. The van der Waals surface area contributed by atoms with Crippen molar-refractivity contribution in [1.29, 1.82) is 0 Å². The van der Waals surface area contributed by atoms with Crippen LogP contribution in [0.3, 0.4) is 0 Å². The largest absolute Gasteiger partial charge is 0.466 e. The Morgan fingerprint density at radius 2 is 2.57 bits per heavy atom. The Kier molecular flexibility index (Phi) is 2.63. The summed E-state index contributed by atoms with van der Waals surface area (Å²) in [6, 6.07) is 0. The monoisotopic (exact) mass is 329 g/mol. The fourth-order valence-corrected chi connectivity index (χ4v) is 3.28. The molecule has 0 amide bonds. The Morgan fingerprint density at radius 3 is 3.21 bits per heavy atom. The number of fused-ring (bicyclic) bond motifs is 1. The van der Waals surface area contributed by atoms with E-state index >= 15 is 0 Å². The Morgan fingerprint density at radius 1 is 1.86 bits per heavy atom. The smallest absolute Gasteiger partial charge is 0.353 e. The van der Waals surface area contributed by atoms with Gasteiger partial charge in [-0.3, -0.25) is 0 Å². The molecule has 1 fully saturated rings. The van der Waals surface area contributed by atoms with Gasteiger partial charge in [-0.05, 0) is 29.0 Å². The van der Waals surface area contributed by atoms with E-state index in [0.29, 0.717) is 6.42 Å². The summed E-state index contributed by atoms with van der Waals surface area (Å²) in [5, 5.41) is 3.80. The first-order chi connectivity index (χ1) is 6.60. The number of rotatable bonds is 1. The highest BCUT2D eigenvalue weighted by Gasteiger charge is 2.61. The summed E-state index contributed by atoms with van der Waals surface area (Å²) in [4.78, 5) is 16.8. The quantitative estimate of drug-likeness (QED) is 0.418. The molecule has 0 saturated heterocycles. The number of oxime groups is 1. The lowest BCUT2D eigenvalue weighted by Gasteiger charge is -2.22. The molecule has 0 bridgehead atoms. The van der Waals surface area contributed by atoms with E-state index < -0.39 is 5.60 Å². The van der Waals surface area contributed by atoms with Gasteiger partial charge in [0.1, 0.15) is 3.72 Å². The minimum Gasteiger partial charge on any atom is -0.466 e.